The molecular weight excluding hydrogens is 122 g/mol. The predicted molar refractivity (Wildman–Crippen MR) is 40.7 cm³/mol. The van der Waals surface area contributed by atoms with E-state index in [1.165, 1.54) is 13.1 Å². The number of hydrogen-bond acceptors (Lipinski definition) is 1. The molecule has 3 fully saturated rings. The summed E-state index contributed by atoms with van der Waals surface area (Å²) in [7, 11) is 0. The van der Waals surface area contributed by atoms with Gasteiger partial charge in [0.2, 0.25) is 0 Å². The maximum atomic E-state index is 3.53. The molecule has 1 N–H and O–H groups in total. The fourth-order valence-electron chi connectivity index (χ4n) is 3.58. The van der Waals surface area contributed by atoms with Crippen molar-refractivity contribution in [2.75, 3.05) is 13.1 Å². The van der Waals surface area contributed by atoms with Crippen LogP contribution in [0.1, 0.15) is 19.3 Å². The Morgan fingerprint density at radius 1 is 0.900 bits per heavy atom. The van der Waals surface area contributed by atoms with E-state index in [1.54, 1.807) is 19.3 Å². The third kappa shape index (κ3) is 0.531. The fourth-order valence-corrected chi connectivity index (χ4v) is 3.58. The highest BCUT2D eigenvalue weighted by molar-refractivity contribution is 5.00. The van der Waals surface area contributed by atoms with Crippen LogP contribution in [0.3, 0.4) is 0 Å². The Balaban J connectivity index is 1.92. The molecule has 1 aliphatic heterocycles. The molecule has 1 unspecified atom stereocenters. The van der Waals surface area contributed by atoms with E-state index in [1.807, 2.05) is 0 Å². The first-order valence-electron chi connectivity index (χ1n) is 4.66. The van der Waals surface area contributed by atoms with E-state index in [4.69, 9.17) is 0 Å². The van der Waals surface area contributed by atoms with Gasteiger partial charge < -0.3 is 5.32 Å². The molecule has 1 heteroatoms. The summed E-state index contributed by atoms with van der Waals surface area (Å²) in [6.45, 7) is 2.68. The highest BCUT2D eigenvalue weighted by Gasteiger charge is 2.48. The van der Waals surface area contributed by atoms with Gasteiger partial charge in [-0.25, -0.2) is 0 Å². The van der Waals surface area contributed by atoms with Crippen molar-refractivity contribution in [3.05, 3.63) is 0 Å². The summed E-state index contributed by atoms with van der Waals surface area (Å²) in [4.78, 5) is 0. The largest absolute Gasteiger partial charge is 0.316 e. The zero-order chi connectivity index (χ0) is 6.55. The molecule has 0 spiro atoms. The van der Waals surface area contributed by atoms with Crippen LogP contribution in [0.4, 0.5) is 0 Å². The zero-order valence-corrected chi connectivity index (χ0v) is 6.34. The van der Waals surface area contributed by atoms with Crippen molar-refractivity contribution >= 4 is 0 Å². The van der Waals surface area contributed by atoms with E-state index in [9.17, 15) is 0 Å². The molecule has 2 saturated carbocycles. The van der Waals surface area contributed by atoms with Crippen molar-refractivity contribution in [2.45, 2.75) is 19.3 Å². The Labute approximate surface area is 62.2 Å². The Bertz CT molecular complexity index is 139. The van der Waals surface area contributed by atoms with Crippen molar-refractivity contribution in [1.82, 2.24) is 5.32 Å². The molecule has 4 atom stereocenters. The van der Waals surface area contributed by atoms with E-state index >= 15 is 0 Å². The normalized spacial score (nSPS) is 57.6. The van der Waals surface area contributed by atoms with Crippen LogP contribution in [0.25, 0.3) is 0 Å². The van der Waals surface area contributed by atoms with Gasteiger partial charge in [-0.1, -0.05) is 0 Å². The average Bonchev–Trinajstić information content (AvgIpc) is 2.60. The first-order chi connectivity index (χ1) is 4.95. The molecule has 3 rings (SSSR count). The minimum absolute atomic E-state index is 1.10. The quantitative estimate of drug-likeness (QED) is 0.530. The molecule has 0 amide bonds. The summed E-state index contributed by atoms with van der Waals surface area (Å²) < 4.78 is 0. The summed E-state index contributed by atoms with van der Waals surface area (Å²) >= 11 is 0. The first kappa shape index (κ1) is 5.59. The van der Waals surface area contributed by atoms with Crippen LogP contribution < -0.4 is 5.32 Å². The molecule has 2 bridgehead atoms. The second kappa shape index (κ2) is 1.76. The van der Waals surface area contributed by atoms with Gasteiger partial charge in [-0.05, 0) is 56.0 Å². The minimum atomic E-state index is 1.10. The maximum absolute atomic E-state index is 3.53. The summed E-state index contributed by atoms with van der Waals surface area (Å²) in [5, 5.41) is 3.53. The molecule has 0 aromatic carbocycles. The molecule has 0 radical (unpaired) electrons. The molecule has 0 aromatic heterocycles. The minimum Gasteiger partial charge on any atom is -0.316 e. The van der Waals surface area contributed by atoms with Gasteiger partial charge in [0.25, 0.3) is 0 Å². The molecule has 0 aromatic rings. The van der Waals surface area contributed by atoms with Crippen LogP contribution in [0, 0.1) is 23.7 Å². The average molecular weight is 137 g/mol. The highest BCUT2D eigenvalue weighted by Crippen LogP contribution is 2.53. The number of fused-ring (bicyclic) bond motifs is 5. The van der Waals surface area contributed by atoms with Crippen LogP contribution in [-0.4, -0.2) is 13.1 Å². The predicted octanol–water partition coefficient (Wildman–Crippen LogP) is 1.25. The van der Waals surface area contributed by atoms with Crippen LogP contribution in [0.15, 0.2) is 0 Å². The molecular formula is C9H15N. The molecule has 56 valence electrons. The highest BCUT2D eigenvalue weighted by atomic mass is 14.9. The number of nitrogens with one attached hydrogen (secondary N) is 1. The lowest BCUT2D eigenvalue weighted by atomic mass is 9.82. The third-order valence-corrected chi connectivity index (χ3v) is 4.03. The van der Waals surface area contributed by atoms with Crippen molar-refractivity contribution in [2.24, 2.45) is 23.7 Å². The van der Waals surface area contributed by atoms with Gasteiger partial charge in [0.05, 0.1) is 0 Å². The van der Waals surface area contributed by atoms with Gasteiger partial charge in [0, 0.05) is 0 Å². The van der Waals surface area contributed by atoms with E-state index in [-0.39, 0.29) is 0 Å². The smallest absolute Gasteiger partial charge is 0.00145 e. The van der Waals surface area contributed by atoms with Gasteiger partial charge in [-0.3, -0.25) is 0 Å². The van der Waals surface area contributed by atoms with E-state index < -0.39 is 0 Å². The van der Waals surface area contributed by atoms with Crippen molar-refractivity contribution in [3.63, 3.8) is 0 Å². The summed E-state index contributed by atoms with van der Waals surface area (Å²) in [5.74, 6) is 4.45. The molecule has 1 heterocycles. The second-order valence-corrected chi connectivity index (χ2v) is 4.32. The van der Waals surface area contributed by atoms with E-state index in [0.29, 0.717) is 0 Å². The molecule has 1 saturated heterocycles. The lowest BCUT2D eigenvalue weighted by Gasteiger charge is -2.22. The molecule has 2 aliphatic carbocycles. The maximum Gasteiger partial charge on any atom is -0.00145 e. The lowest BCUT2D eigenvalue weighted by molar-refractivity contribution is 0.281. The monoisotopic (exact) mass is 137 g/mol. The number of rotatable bonds is 0. The number of hydrogen-bond donors (Lipinski definition) is 1. The standard InChI is InChI=1S/C9H15N/c1-2-7-3-6(1)8-4-10-5-9(7)8/h6-10H,1-5H2/t6-,7?,8-,9+/m1/s1. The summed E-state index contributed by atoms with van der Waals surface area (Å²) in [6, 6.07) is 0. The van der Waals surface area contributed by atoms with Crippen LogP contribution >= 0.6 is 0 Å². The second-order valence-electron chi connectivity index (χ2n) is 4.32. The Kier molecular flexibility index (Phi) is 0.984. The van der Waals surface area contributed by atoms with Crippen molar-refractivity contribution < 1.29 is 0 Å². The summed E-state index contributed by atoms with van der Waals surface area (Å²) in [5.41, 5.74) is 0. The topological polar surface area (TPSA) is 12.0 Å². The van der Waals surface area contributed by atoms with Gasteiger partial charge in [-0.2, -0.15) is 0 Å². The third-order valence-electron chi connectivity index (χ3n) is 4.03. The van der Waals surface area contributed by atoms with Gasteiger partial charge in [0.1, 0.15) is 0 Å². The van der Waals surface area contributed by atoms with Gasteiger partial charge >= 0.3 is 0 Å². The van der Waals surface area contributed by atoms with Gasteiger partial charge in [0.15, 0.2) is 0 Å². The summed E-state index contributed by atoms with van der Waals surface area (Å²) in [6.07, 6.45) is 4.68. The molecule has 10 heavy (non-hydrogen) atoms. The Hall–Kier alpha value is -0.0400. The van der Waals surface area contributed by atoms with Gasteiger partial charge in [-0.15, -0.1) is 0 Å². The fraction of sp³-hybridized carbons (Fsp3) is 1.00. The lowest BCUT2D eigenvalue weighted by Crippen LogP contribution is -2.19. The van der Waals surface area contributed by atoms with Crippen LogP contribution in [0.2, 0.25) is 0 Å². The van der Waals surface area contributed by atoms with Crippen molar-refractivity contribution in [3.8, 4) is 0 Å². The Morgan fingerprint density at radius 2 is 1.50 bits per heavy atom. The first-order valence-corrected chi connectivity index (χ1v) is 4.66. The van der Waals surface area contributed by atoms with E-state index in [0.717, 1.165) is 23.7 Å². The Morgan fingerprint density at radius 3 is 2.10 bits per heavy atom. The zero-order valence-electron chi connectivity index (χ0n) is 6.34. The van der Waals surface area contributed by atoms with Crippen molar-refractivity contribution in [1.29, 1.82) is 0 Å². The SMILES string of the molecule is C1C[C@@H]2CC1[C@@H]1CNC[C@H]21. The molecule has 3 aliphatic rings. The van der Waals surface area contributed by atoms with Crippen LogP contribution in [0.5, 0.6) is 0 Å². The van der Waals surface area contributed by atoms with E-state index in [2.05, 4.69) is 5.32 Å². The van der Waals surface area contributed by atoms with Crippen LogP contribution in [-0.2, 0) is 0 Å². The molecule has 1 nitrogen and oxygen atoms in total.